The molecule has 0 spiro atoms. The lowest BCUT2D eigenvalue weighted by molar-refractivity contribution is -0.116. The van der Waals surface area contributed by atoms with Crippen LogP contribution < -0.4 is 0 Å². The van der Waals surface area contributed by atoms with Gasteiger partial charge in [0.05, 0.1) is 0 Å². The Kier molecular flexibility index (Phi) is 7.94. The largest absolute Gasteiger partial charge is 0.361 e. The van der Waals surface area contributed by atoms with Gasteiger partial charge in [-0.25, -0.2) is 0 Å². The Balaban J connectivity index is 4.12. The van der Waals surface area contributed by atoms with Gasteiger partial charge in [0.15, 0.2) is 0 Å². The van der Waals surface area contributed by atoms with Gasteiger partial charge in [0.2, 0.25) is 5.78 Å². The normalized spacial score (nSPS) is 11.6. The van der Waals surface area contributed by atoms with E-state index in [2.05, 4.69) is 29.8 Å². The third-order valence-corrected chi connectivity index (χ3v) is 2.36. The van der Waals surface area contributed by atoms with Crippen LogP contribution in [0.4, 0.5) is 0 Å². The van der Waals surface area contributed by atoms with Crippen molar-refractivity contribution in [3.8, 4) is 0 Å². The maximum absolute atomic E-state index is 11.1. The van der Waals surface area contributed by atoms with E-state index in [0.717, 1.165) is 25.7 Å². The zero-order valence-corrected chi connectivity index (χ0v) is 9.80. The molecule has 1 atom stereocenters. The number of nitrogens with zero attached hydrogens (tertiary/aromatic N) is 3. The molecule has 0 fully saturated rings. The van der Waals surface area contributed by atoms with Gasteiger partial charge in [0, 0.05) is 25.6 Å². The Hall–Kier alpha value is -1.51. The lowest BCUT2D eigenvalue weighted by Gasteiger charge is -2.26. The van der Waals surface area contributed by atoms with Crippen LogP contribution in [0, 0.1) is 0 Å². The first-order chi connectivity index (χ1) is 7.65. The van der Waals surface area contributed by atoms with Crippen LogP contribution in [0.15, 0.2) is 25.3 Å². The smallest absolute Gasteiger partial charge is 0.323 e. The summed E-state index contributed by atoms with van der Waals surface area (Å²) in [6.45, 7) is 11.0. The second kappa shape index (κ2) is 8.77. The van der Waals surface area contributed by atoms with Crippen LogP contribution in [0.2, 0.25) is 0 Å². The zero-order chi connectivity index (χ0) is 12.4. The number of hydrogen-bond donors (Lipinski definition) is 0. The van der Waals surface area contributed by atoms with Crippen LogP contribution in [0.3, 0.4) is 0 Å². The molecule has 0 saturated carbocycles. The summed E-state index contributed by atoms with van der Waals surface area (Å²) < 4.78 is 0. The van der Waals surface area contributed by atoms with Crippen LogP contribution in [-0.4, -0.2) is 40.8 Å². The molecule has 16 heavy (non-hydrogen) atoms. The second-order valence-corrected chi connectivity index (χ2v) is 3.63. The minimum atomic E-state index is -0.161. The van der Waals surface area contributed by atoms with Crippen LogP contribution in [-0.2, 0) is 4.79 Å². The fourth-order valence-electron chi connectivity index (χ4n) is 1.43. The van der Waals surface area contributed by atoms with E-state index in [9.17, 15) is 4.79 Å². The van der Waals surface area contributed by atoms with Gasteiger partial charge in [-0.05, 0) is 13.3 Å². The van der Waals surface area contributed by atoms with Gasteiger partial charge in [-0.1, -0.05) is 12.2 Å². The summed E-state index contributed by atoms with van der Waals surface area (Å²) in [5, 5.41) is 0. The Morgan fingerprint density at radius 3 is 2.44 bits per heavy atom. The molecule has 0 aromatic carbocycles. The fraction of sp³-hybridized carbons (Fsp3) is 0.500. The summed E-state index contributed by atoms with van der Waals surface area (Å²) in [6.07, 6.45) is 5.72. The standard InChI is InChI=1S/C12H19N3O/c1-4-8-15(9-5-2)11(3)6-7-12(16)10-14-13/h4-5,10-11H,1-2,6-9H2,3H3. The minimum absolute atomic E-state index is 0.161. The Morgan fingerprint density at radius 2 is 2.00 bits per heavy atom. The third kappa shape index (κ3) is 6.06. The Labute approximate surface area is 96.9 Å². The van der Waals surface area contributed by atoms with Crippen molar-refractivity contribution in [2.75, 3.05) is 13.1 Å². The van der Waals surface area contributed by atoms with Gasteiger partial charge in [0.25, 0.3) is 0 Å². The molecule has 0 aromatic rings. The molecule has 0 aliphatic heterocycles. The number of hydrogen-bond acceptors (Lipinski definition) is 2. The van der Waals surface area contributed by atoms with Crippen molar-refractivity contribution in [3.63, 3.8) is 0 Å². The first-order valence-electron chi connectivity index (χ1n) is 5.31. The topological polar surface area (TPSA) is 56.7 Å². The van der Waals surface area contributed by atoms with Gasteiger partial charge in [-0.15, -0.1) is 13.2 Å². The van der Waals surface area contributed by atoms with Crippen molar-refractivity contribution in [2.45, 2.75) is 25.8 Å². The molecule has 0 amide bonds. The SMILES string of the molecule is C=CCN(CC=C)C(C)CCC(=O)C=[N+]=[N-]. The Morgan fingerprint density at radius 1 is 1.44 bits per heavy atom. The first kappa shape index (κ1) is 14.5. The van der Waals surface area contributed by atoms with Crippen molar-refractivity contribution in [2.24, 2.45) is 0 Å². The highest BCUT2D eigenvalue weighted by Gasteiger charge is 2.13. The molecule has 0 heterocycles. The molecular weight excluding hydrogens is 202 g/mol. The average molecular weight is 221 g/mol. The summed E-state index contributed by atoms with van der Waals surface area (Å²) in [6, 6.07) is 0.270. The van der Waals surface area contributed by atoms with Crippen molar-refractivity contribution >= 4 is 12.0 Å². The number of Topliss-reactive ketones (excluding diaryl/α,β-unsaturated/α-hetero) is 1. The van der Waals surface area contributed by atoms with E-state index in [1.165, 1.54) is 0 Å². The van der Waals surface area contributed by atoms with E-state index in [1.54, 1.807) is 0 Å². The fourth-order valence-corrected chi connectivity index (χ4v) is 1.43. The van der Waals surface area contributed by atoms with Crippen LogP contribution >= 0.6 is 0 Å². The van der Waals surface area contributed by atoms with Crippen molar-refractivity contribution in [1.29, 1.82) is 0 Å². The summed E-state index contributed by atoms with van der Waals surface area (Å²) in [7, 11) is 0. The van der Waals surface area contributed by atoms with Gasteiger partial charge >= 0.3 is 6.21 Å². The number of rotatable bonds is 9. The number of carbonyl (C=O) groups is 1. The lowest BCUT2D eigenvalue weighted by Crippen LogP contribution is -2.33. The first-order valence-corrected chi connectivity index (χ1v) is 5.31. The van der Waals surface area contributed by atoms with E-state index >= 15 is 0 Å². The Bertz CT molecular complexity index is 283. The number of carbonyl (C=O) groups excluding carboxylic acids is 1. The molecular formula is C12H19N3O. The summed E-state index contributed by atoms with van der Waals surface area (Å²) in [5.74, 6) is -0.161. The van der Waals surface area contributed by atoms with E-state index in [1.807, 2.05) is 12.2 Å². The minimum Gasteiger partial charge on any atom is -0.361 e. The monoisotopic (exact) mass is 221 g/mol. The molecule has 0 radical (unpaired) electrons. The second-order valence-electron chi connectivity index (χ2n) is 3.63. The van der Waals surface area contributed by atoms with Gasteiger partial charge < -0.3 is 5.53 Å². The molecule has 4 nitrogen and oxygen atoms in total. The van der Waals surface area contributed by atoms with Gasteiger partial charge in [0.1, 0.15) is 0 Å². The summed E-state index contributed by atoms with van der Waals surface area (Å²) in [5.41, 5.74) is 8.19. The molecule has 0 N–H and O–H groups in total. The third-order valence-electron chi connectivity index (χ3n) is 2.36. The summed E-state index contributed by atoms with van der Waals surface area (Å²) in [4.78, 5) is 16.0. The van der Waals surface area contributed by atoms with Crippen LogP contribution in [0.5, 0.6) is 0 Å². The molecule has 0 aromatic heterocycles. The molecule has 0 rings (SSSR count). The van der Waals surface area contributed by atoms with E-state index in [-0.39, 0.29) is 11.8 Å². The summed E-state index contributed by atoms with van der Waals surface area (Å²) >= 11 is 0. The average Bonchev–Trinajstić information content (AvgIpc) is 2.26. The van der Waals surface area contributed by atoms with Crippen molar-refractivity contribution in [3.05, 3.63) is 30.8 Å². The molecule has 0 aliphatic carbocycles. The molecule has 0 bridgehead atoms. The zero-order valence-electron chi connectivity index (χ0n) is 9.80. The molecule has 4 heteroatoms. The van der Waals surface area contributed by atoms with Crippen molar-refractivity contribution < 1.29 is 9.58 Å². The maximum Gasteiger partial charge on any atom is 0.323 e. The van der Waals surface area contributed by atoms with E-state index in [4.69, 9.17) is 5.53 Å². The van der Waals surface area contributed by atoms with Crippen molar-refractivity contribution in [1.82, 2.24) is 4.90 Å². The van der Waals surface area contributed by atoms with Crippen LogP contribution in [0.1, 0.15) is 19.8 Å². The van der Waals surface area contributed by atoms with Gasteiger partial charge in [-0.2, -0.15) is 4.79 Å². The predicted octanol–water partition coefficient (Wildman–Crippen LogP) is 1.70. The van der Waals surface area contributed by atoms with E-state index < -0.39 is 0 Å². The van der Waals surface area contributed by atoms with E-state index in [0.29, 0.717) is 6.42 Å². The molecule has 0 aliphatic rings. The maximum atomic E-state index is 11.1. The van der Waals surface area contributed by atoms with Gasteiger partial charge in [-0.3, -0.25) is 9.69 Å². The van der Waals surface area contributed by atoms with Crippen LogP contribution in [0.25, 0.3) is 5.53 Å². The quantitative estimate of drug-likeness (QED) is 0.257. The molecule has 88 valence electrons. The molecule has 1 unspecified atom stereocenters. The predicted molar refractivity (Wildman–Crippen MR) is 65.4 cm³/mol. The highest BCUT2D eigenvalue weighted by atomic mass is 16.1. The highest BCUT2D eigenvalue weighted by Crippen LogP contribution is 2.06. The highest BCUT2D eigenvalue weighted by molar-refractivity contribution is 6.25. The number of ketones is 1. The molecule has 0 saturated heterocycles. The lowest BCUT2D eigenvalue weighted by atomic mass is 10.1.